The van der Waals surface area contributed by atoms with Gasteiger partial charge in [-0.25, -0.2) is 4.98 Å². The van der Waals surface area contributed by atoms with E-state index in [-0.39, 0.29) is 0 Å². The van der Waals surface area contributed by atoms with Crippen molar-refractivity contribution in [3.05, 3.63) is 54.9 Å². The minimum Gasteiger partial charge on any atom is -0.337 e. The van der Waals surface area contributed by atoms with Crippen molar-refractivity contribution in [1.29, 1.82) is 0 Å². The van der Waals surface area contributed by atoms with E-state index in [1.54, 1.807) is 12.4 Å². The Morgan fingerprint density at radius 1 is 0.842 bits per heavy atom. The van der Waals surface area contributed by atoms with Crippen LogP contribution in [0, 0.1) is 0 Å². The number of nitrogens with zero attached hydrogens (tertiary/aromatic N) is 3. The molecule has 3 heterocycles. The Bertz CT molecular complexity index is 865. The number of aromatic nitrogens is 4. The maximum atomic E-state index is 4.65. The van der Waals surface area contributed by atoms with Gasteiger partial charge in [-0.1, -0.05) is 6.07 Å². The standard InChI is InChI=1S/C15H10N4/c1-2-8-17-13(5-1)15-18-12-7-6-11-10(14(12)19-15)4-3-9-16-11/h1-9H,(H,18,19). The fraction of sp³-hybridized carbons (Fsp3) is 0. The molecule has 0 fully saturated rings. The van der Waals surface area contributed by atoms with Gasteiger partial charge in [-0.05, 0) is 36.4 Å². The van der Waals surface area contributed by atoms with E-state index in [4.69, 9.17) is 0 Å². The Balaban J connectivity index is 2.04. The second kappa shape index (κ2) is 3.88. The third-order valence-corrected chi connectivity index (χ3v) is 3.14. The van der Waals surface area contributed by atoms with Crippen LogP contribution in [0.4, 0.5) is 0 Å². The third kappa shape index (κ3) is 1.57. The van der Waals surface area contributed by atoms with Gasteiger partial charge in [0.25, 0.3) is 0 Å². The molecule has 0 spiro atoms. The average molecular weight is 246 g/mol. The zero-order valence-corrected chi connectivity index (χ0v) is 10.0. The Morgan fingerprint density at radius 3 is 2.68 bits per heavy atom. The Hall–Kier alpha value is -2.75. The van der Waals surface area contributed by atoms with Crippen LogP contribution in [0.25, 0.3) is 33.5 Å². The van der Waals surface area contributed by atoms with E-state index in [0.29, 0.717) is 0 Å². The van der Waals surface area contributed by atoms with E-state index in [9.17, 15) is 0 Å². The molecule has 0 saturated heterocycles. The van der Waals surface area contributed by atoms with Gasteiger partial charge in [-0.2, -0.15) is 0 Å². The molecule has 0 atom stereocenters. The molecule has 0 aliphatic carbocycles. The van der Waals surface area contributed by atoms with Crippen molar-refractivity contribution in [2.24, 2.45) is 0 Å². The fourth-order valence-electron chi connectivity index (χ4n) is 2.25. The Kier molecular flexibility index (Phi) is 2.08. The van der Waals surface area contributed by atoms with Gasteiger partial charge < -0.3 is 4.98 Å². The molecule has 19 heavy (non-hydrogen) atoms. The van der Waals surface area contributed by atoms with Crippen LogP contribution in [-0.2, 0) is 0 Å². The summed E-state index contributed by atoms with van der Waals surface area (Å²) in [6.07, 6.45) is 3.56. The van der Waals surface area contributed by atoms with E-state index in [1.807, 2.05) is 42.5 Å². The minimum absolute atomic E-state index is 0.784. The Morgan fingerprint density at radius 2 is 1.79 bits per heavy atom. The summed E-state index contributed by atoms with van der Waals surface area (Å²) in [7, 11) is 0. The van der Waals surface area contributed by atoms with Crippen molar-refractivity contribution in [2.75, 3.05) is 0 Å². The van der Waals surface area contributed by atoms with E-state index in [1.165, 1.54) is 0 Å². The summed E-state index contributed by atoms with van der Waals surface area (Å²) in [5.74, 6) is 0.784. The SMILES string of the molecule is c1ccc(-c2nc3c(ccc4ncccc43)[nH]2)nc1. The third-order valence-electron chi connectivity index (χ3n) is 3.14. The van der Waals surface area contributed by atoms with Crippen LogP contribution < -0.4 is 0 Å². The van der Waals surface area contributed by atoms with Crippen LogP contribution in [-0.4, -0.2) is 19.9 Å². The van der Waals surface area contributed by atoms with E-state index in [2.05, 4.69) is 19.9 Å². The molecule has 4 rings (SSSR count). The fourth-order valence-corrected chi connectivity index (χ4v) is 2.25. The predicted molar refractivity (Wildman–Crippen MR) is 74.6 cm³/mol. The highest BCUT2D eigenvalue weighted by molar-refractivity contribution is 6.03. The van der Waals surface area contributed by atoms with Crippen molar-refractivity contribution < 1.29 is 0 Å². The van der Waals surface area contributed by atoms with Gasteiger partial charge in [0.15, 0.2) is 5.82 Å². The number of imidazole rings is 1. The first-order valence-corrected chi connectivity index (χ1v) is 6.07. The number of benzene rings is 1. The summed E-state index contributed by atoms with van der Waals surface area (Å²) in [6.45, 7) is 0. The van der Waals surface area contributed by atoms with E-state index in [0.717, 1.165) is 33.5 Å². The minimum atomic E-state index is 0.784. The Labute approximate surface area is 109 Å². The van der Waals surface area contributed by atoms with Crippen LogP contribution in [0.2, 0.25) is 0 Å². The normalized spacial score (nSPS) is 11.2. The smallest absolute Gasteiger partial charge is 0.157 e. The molecular formula is C15H10N4. The number of aromatic amines is 1. The highest BCUT2D eigenvalue weighted by Crippen LogP contribution is 2.24. The molecule has 3 aromatic heterocycles. The summed E-state index contributed by atoms with van der Waals surface area (Å²) in [5.41, 5.74) is 3.73. The molecular weight excluding hydrogens is 236 g/mol. The van der Waals surface area contributed by atoms with Crippen LogP contribution in [0.5, 0.6) is 0 Å². The van der Waals surface area contributed by atoms with Crippen molar-refractivity contribution in [3.8, 4) is 11.5 Å². The molecule has 0 aliphatic rings. The monoisotopic (exact) mass is 246 g/mol. The van der Waals surface area contributed by atoms with Crippen LogP contribution >= 0.6 is 0 Å². The predicted octanol–water partition coefficient (Wildman–Crippen LogP) is 3.17. The second-order valence-corrected chi connectivity index (χ2v) is 4.33. The lowest BCUT2D eigenvalue weighted by Gasteiger charge is -1.95. The van der Waals surface area contributed by atoms with Gasteiger partial charge in [0.2, 0.25) is 0 Å². The first-order chi connectivity index (χ1) is 9.42. The molecule has 4 aromatic rings. The summed E-state index contributed by atoms with van der Waals surface area (Å²) in [4.78, 5) is 16.6. The van der Waals surface area contributed by atoms with Gasteiger partial charge >= 0.3 is 0 Å². The summed E-state index contributed by atoms with van der Waals surface area (Å²) >= 11 is 0. The lowest BCUT2D eigenvalue weighted by Crippen LogP contribution is -1.83. The molecule has 0 unspecified atom stereocenters. The molecule has 90 valence electrons. The number of hydrogen-bond donors (Lipinski definition) is 1. The molecule has 4 heteroatoms. The zero-order chi connectivity index (χ0) is 12.7. The lowest BCUT2D eigenvalue weighted by atomic mass is 10.2. The first kappa shape index (κ1) is 10.2. The number of hydrogen-bond acceptors (Lipinski definition) is 3. The van der Waals surface area contributed by atoms with Gasteiger partial charge in [-0.3, -0.25) is 9.97 Å². The average Bonchev–Trinajstić information content (AvgIpc) is 2.93. The van der Waals surface area contributed by atoms with Gasteiger partial charge in [-0.15, -0.1) is 0 Å². The van der Waals surface area contributed by atoms with Crippen molar-refractivity contribution in [1.82, 2.24) is 19.9 Å². The largest absolute Gasteiger partial charge is 0.337 e. The van der Waals surface area contributed by atoms with E-state index < -0.39 is 0 Å². The molecule has 0 bridgehead atoms. The van der Waals surface area contributed by atoms with Crippen molar-refractivity contribution >= 4 is 21.9 Å². The number of H-pyrrole nitrogens is 1. The maximum absolute atomic E-state index is 4.65. The molecule has 0 amide bonds. The van der Waals surface area contributed by atoms with Crippen LogP contribution in [0.3, 0.4) is 0 Å². The van der Waals surface area contributed by atoms with Crippen LogP contribution in [0.1, 0.15) is 0 Å². The summed E-state index contributed by atoms with van der Waals surface area (Å²) in [6, 6.07) is 13.8. The number of rotatable bonds is 1. The van der Waals surface area contributed by atoms with E-state index >= 15 is 0 Å². The highest BCUT2D eigenvalue weighted by atomic mass is 14.9. The first-order valence-electron chi connectivity index (χ1n) is 6.07. The van der Waals surface area contributed by atoms with Crippen molar-refractivity contribution in [3.63, 3.8) is 0 Å². The molecule has 0 radical (unpaired) electrons. The van der Waals surface area contributed by atoms with Crippen molar-refractivity contribution in [2.45, 2.75) is 0 Å². The summed E-state index contributed by atoms with van der Waals surface area (Å²) < 4.78 is 0. The summed E-state index contributed by atoms with van der Waals surface area (Å²) in [5, 5.41) is 1.05. The number of nitrogens with one attached hydrogen (secondary N) is 1. The van der Waals surface area contributed by atoms with Crippen LogP contribution in [0.15, 0.2) is 54.9 Å². The molecule has 4 nitrogen and oxygen atoms in total. The second-order valence-electron chi connectivity index (χ2n) is 4.33. The molecule has 1 aromatic carbocycles. The van der Waals surface area contributed by atoms with Gasteiger partial charge in [0.1, 0.15) is 5.69 Å². The topological polar surface area (TPSA) is 54.5 Å². The highest BCUT2D eigenvalue weighted by Gasteiger charge is 2.08. The lowest BCUT2D eigenvalue weighted by molar-refractivity contribution is 1.24. The molecule has 1 N–H and O–H groups in total. The van der Waals surface area contributed by atoms with Gasteiger partial charge in [0, 0.05) is 17.8 Å². The quantitative estimate of drug-likeness (QED) is 0.561. The molecule has 0 aliphatic heterocycles. The zero-order valence-electron chi connectivity index (χ0n) is 10.0. The van der Waals surface area contributed by atoms with Gasteiger partial charge in [0.05, 0.1) is 16.6 Å². The number of pyridine rings is 2. The number of fused-ring (bicyclic) bond motifs is 3. The maximum Gasteiger partial charge on any atom is 0.157 e. The molecule has 0 saturated carbocycles.